The van der Waals surface area contributed by atoms with E-state index in [1.165, 1.54) is 22.2 Å². The molecule has 3 atom stereocenters. The Morgan fingerprint density at radius 3 is 2.92 bits per heavy atom. The van der Waals surface area contributed by atoms with Crippen LogP contribution >= 0.6 is 0 Å². The molecule has 0 aliphatic carbocycles. The molecule has 1 saturated heterocycles. The summed E-state index contributed by atoms with van der Waals surface area (Å²) < 4.78 is 5.44. The fraction of sp³-hybridized carbons (Fsp3) is 0.591. The number of nitrogens with zero attached hydrogens (tertiary/aromatic N) is 1. The zero-order chi connectivity index (χ0) is 18.3. The molecule has 4 rings (SSSR count). The average Bonchev–Trinajstić information content (AvgIpc) is 3.05. The Bertz CT molecular complexity index is 812. The highest BCUT2D eigenvalue weighted by atomic mass is 16.5. The zero-order valence-corrected chi connectivity index (χ0v) is 16.2. The van der Waals surface area contributed by atoms with Gasteiger partial charge in [-0.1, -0.05) is 32.0 Å². The summed E-state index contributed by atoms with van der Waals surface area (Å²) in [6.07, 6.45) is 4.31. The zero-order valence-electron chi connectivity index (χ0n) is 16.2. The Morgan fingerprint density at radius 1 is 1.35 bits per heavy atom. The molecule has 140 valence electrons. The number of piperidine rings is 1. The van der Waals surface area contributed by atoms with E-state index in [-0.39, 0.29) is 23.3 Å². The van der Waals surface area contributed by atoms with E-state index in [0.717, 1.165) is 38.8 Å². The van der Waals surface area contributed by atoms with Crippen LogP contribution in [0.4, 0.5) is 0 Å². The molecule has 1 N–H and O–H groups in total. The molecule has 2 aliphatic rings. The van der Waals surface area contributed by atoms with Gasteiger partial charge in [0, 0.05) is 28.6 Å². The normalized spacial score (nSPS) is 27.0. The number of aromatic amines is 1. The lowest BCUT2D eigenvalue weighted by Gasteiger charge is -2.53. The number of esters is 1. The number of hydrogen-bond donors (Lipinski definition) is 1. The Kier molecular flexibility index (Phi) is 4.55. The summed E-state index contributed by atoms with van der Waals surface area (Å²) in [6.45, 7) is 8.88. The molecular weight excluding hydrogens is 324 g/mol. The number of fused-ring (bicyclic) bond motifs is 5. The van der Waals surface area contributed by atoms with Crippen molar-refractivity contribution in [1.29, 1.82) is 0 Å². The smallest absolute Gasteiger partial charge is 0.309 e. The van der Waals surface area contributed by atoms with Crippen molar-refractivity contribution < 1.29 is 9.53 Å². The van der Waals surface area contributed by atoms with E-state index in [1.54, 1.807) is 0 Å². The summed E-state index contributed by atoms with van der Waals surface area (Å²) >= 11 is 0. The third-order valence-electron chi connectivity index (χ3n) is 6.93. The average molecular weight is 354 g/mol. The minimum Gasteiger partial charge on any atom is -0.466 e. The van der Waals surface area contributed by atoms with Gasteiger partial charge in [0.2, 0.25) is 0 Å². The van der Waals surface area contributed by atoms with Gasteiger partial charge in [0.15, 0.2) is 0 Å². The monoisotopic (exact) mass is 354 g/mol. The summed E-state index contributed by atoms with van der Waals surface area (Å²) in [7, 11) is 0. The van der Waals surface area contributed by atoms with Gasteiger partial charge >= 0.3 is 5.97 Å². The first kappa shape index (κ1) is 17.6. The van der Waals surface area contributed by atoms with Crippen molar-refractivity contribution in [1.82, 2.24) is 9.88 Å². The van der Waals surface area contributed by atoms with Crippen LogP contribution in [0.2, 0.25) is 0 Å². The molecular formula is C22H30N2O2. The second-order valence-electron chi connectivity index (χ2n) is 7.92. The molecule has 1 aromatic carbocycles. The number of aromatic nitrogens is 1. The predicted octanol–water partition coefficient (Wildman–Crippen LogP) is 4.46. The largest absolute Gasteiger partial charge is 0.466 e. The molecule has 0 saturated carbocycles. The van der Waals surface area contributed by atoms with Crippen molar-refractivity contribution in [3.05, 3.63) is 35.5 Å². The van der Waals surface area contributed by atoms with Crippen LogP contribution in [0.15, 0.2) is 24.3 Å². The van der Waals surface area contributed by atoms with E-state index in [1.807, 2.05) is 6.92 Å². The van der Waals surface area contributed by atoms with Crippen LogP contribution in [0.3, 0.4) is 0 Å². The molecule has 0 radical (unpaired) electrons. The Labute approximate surface area is 155 Å². The van der Waals surface area contributed by atoms with Gasteiger partial charge in [0.1, 0.15) is 0 Å². The quantitative estimate of drug-likeness (QED) is 0.825. The summed E-state index contributed by atoms with van der Waals surface area (Å²) in [4.78, 5) is 19.1. The third kappa shape index (κ3) is 2.50. The van der Waals surface area contributed by atoms with Crippen molar-refractivity contribution in [3.63, 3.8) is 0 Å². The van der Waals surface area contributed by atoms with Gasteiger partial charge in [-0.15, -0.1) is 0 Å². The molecule has 1 aromatic heterocycles. The van der Waals surface area contributed by atoms with Crippen molar-refractivity contribution in [2.24, 2.45) is 11.3 Å². The van der Waals surface area contributed by atoms with Crippen molar-refractivity contribution in [2.45, 2.75) is 52.5 Å². The number of hydrogen-bond acceptors (Lipinski definition) is 3. The van der Waals surface area contributed by atoms with Crippen LogP contribution in [-0.2, 0) is 16.0 Å². The molecule has 3 heterocycles. The van der Waals surface area contributed by atoms with Gasteiger partial charge in [-0.2, -0.15) is 0 Å². The van der Waals surface area contributed by atoms with E-state index in [0.29, 0.717) is 6.61 Å². The lowest BCUT2D eigenvalue weighted by Crippen LogP contribution is -2.53. The van der Waals surface area contributed by atoms with Crippen LogP contribution in [0, 0.1) is 11.3 Å². The minimum atomic E-state index is -0.0994. The lowest BCUT2D eigenvalue weighted by molar-refractivity contribution is -0.158. The second kappa shape index (κ2) is 6.73. The van der Waals surface area contributed by atoms with Crippen LogP contribution in [0.25, 0.3) is 10.9 Å². The highest BCUT2D eigenvalue weighted by Crippen LogP contribution is 2.55. The molecule has 1 fully saturated rings. The topological polar surface area (TPSA) is 45.3 Å². The summed E-state index contributed by atoms with van der Waals surface area (Å²) in [5.41, 5.74) is 3.95. The van der Waals surface area contributed by atoms with Crippen molar-refractivity contribution >= 4 is 16.9 Å². The van der Waals surface area contributed by atoms with Gasteiger partial charge in [0.25, 0.3) is 0 Å². The van der Waals surface area contributed by atoms with Gasteiger partial charge in [0.05, 0.1) is 18.6 Å². The van der Waals surface area contributed by atoms with E-state index in [4.69, 9.17) is 4.74 Å². The Morgan fingerprint density at radius 2 is 2.15 bits per heavy atom. The first-order valence-corrected chi connectivity index (χ1v) is 10.1. The maximum atomic E-state index is 12.7. The summed E-state index contributed by atoms with van der Waals surface area (Å²) in [5, 5.41) is 1.35. The molecule has 0 amide bonds. The fourth-order valence-electron chi connectivity index (χ4n) is 5.56. The summed E-state index contributed by atoms with van der Waals surface area (Å²) in [6, 6.07) is 8.89. The van der Waals surface area contributed by atoms with Crippen molar-refractivity contribution in [3.8, 4) is 0 Å². The highest BCUT2D eigenvalue weighted by Gasteiger charge is 2.52. The first-order chi connectivity index (χ1) is 12.6. The Hall–Kier alpha value is -1.81. The van der Waals surface area contributed by atoms with Crippen molar-refractivity contribution in [2.75, 3.05) is 19.7 Å². The maximum Gasteiger partial charge on any atom is 0.309 e. The first-order valence-electron chi connectivity index (χ1n) is 10.1. The minimum absolute atomic E-state index is 0.0422. The van der Waals surface area contributed by atoms with E-state index in [2.05, 4.69) is 48.0 Å². The number of nitrogens with one attached hydrogen (secondary N) is 1. The van der Waals surface area contributed by atoms with Gasteiger partial charge in [-0.25, -0.2) is 0 Å². The van der Waals surface area contributed by atoms with Crippen LogP contribution in [-0.4, -0.2) is 35.5 Å². The lowest BCUT2D eigenvalue weighted by atomic mass is 9.61. The SMILES string of the molecule is CCOC(=O)C(C)C1(CC)CCCN2CCc3c([nH]c4ccccc34)C21. The molecule has 2 aromatic rings. The number of benzene rings is 1. The number of carbonyl (C=O) groups is 1. The molecule has 3 unspecified atom stereocenters. The second-order valence-corrected chi connectivity index (χ2v) is 7.92. The van der Waals surface area contributed by atoms with Gasteiger partial charge in [-0.05, 0) is 50.8 Å². The van der Waals surface area contributed by atoms with Gasteiger partial charge in [-0.3, -0.25) is 9.69 Å². The molecule has 2 aliphatic heterocycles. The summed E-state index contributed by atoms with van der Waals surface area (Å²) in [5.74, 6) is -0.142. The van der Waals surface area contributed by atoms with Crippen LogP contribution in [0.5, 0.6) is 0 Å². The van der Waals surface area contributed by atoms with E-state index in [9.17, 15) is 4.79 Å². The number of ether oxygens (including phenoxy) is 1. The molecule has 4 heteroatoms. The molecule has 0 spiro atoms. The number of para-hydroxylation sites is 1. The van der Waals surface area contributed by atoms with E-state index < -0.39 is 0 Å². The molecule has 4 nitrogen and oxygen atoms in total. The number of rotatable bonds is 4. The molecule has 26 heavy (non-hydrogen) atoms. The van der Waals surface area contributed by atoms with Gasteiger partial charge < -0.3 is 9.72 Å². The van der Waals surface area contributed by atoms with E-state index >= 15 is 0 Å². The maximum absolute atomic E-state index is 12.7. The standard InChI is InChI=1S/C22H30N2O2/c1-4-22(15(3)21(25)26-5-2)12-8-13-24-14-11-17-16-9-6-7-10-18(16)23-19(17)20(22)24/h6-7,9-10,15,20,23H,4-5,8,11-14H2,1-3H3. The Balaban J connectivity index is 1.84. The fourth-order valence-corrected chi connectivity index (χ4v) is 5.56. The van der Waals surface area contributed by atoms with Crippen LogP contribution in [0.1, 0.15) is 57.3 Å². The number of H-pyrrole nitrogens is 1. The highest BCUT2D eigenvalue weighted by molar-refractivity contribution is 5.85. The molecule has 0 bridgehead atoms. The van der Waals surface area contributed by atoms with Crippen LogP contribution < -0.4 is 0 Å². The number of carbonyl (C=O) groups excluding carboxylic acids is 1. The third-order valence-corrected chi connectivity index (χ3v) is 6.93. The predicted molar refractivity (Wildman–Crippen MR) is 104 cm³/mol.